The third kappa shape index (κ3) is 2.22. The van der Waals surface area contributed by atoms with Crippen LogP contribution in [0.3, 0.4) is 0 Å². The molecule has 3 heteroatoms. The SMILES string of the molecule is C.COc1ccc2c(c1)[C@@]1(C)CCC[C@](C)(C(=O)O)[C@@H]1CC2. The number of aliphatic carboxylic acids is 1. The first kappa shape index (κ1) is 16.9. The van der Waals surface area contributed by atoms with Gasteiger partial charge in [0.1, 0.15) is 5.75 Å². The highest BCUT2D eigenvalue weighted by molar-refractivity contribution is 5.75. The molecule has 0 unspecified atom stereocenters. The summed E-state index contributed by atoms with van der Waals surface area (Å²) in [5.41, 5.74) is 2.02. The summed E-state index contributed by atoms with van der Waals surface area (Å²) in [6, 6.07) is 6.30. The summed E-state index contributed by atoms with van der Waals surface area (Å²) in [5.74, 6) is 0.443. The highest BCUT2D eigenvalue weighted by Crippen LogP contribution is 2.57. The van der Waals surface area contributed by atoms with E-state index in [1.54, 1.807) is 7.11 Å². The van der Waals surface area contributed by atoms with E-state index in [1.807, 2.05) is 13.0 Å². The van der Waals surface area contributed by atoms with Crippen molar-refractivity contribution in [3.63, 3.8) is 0 Å². The number of hydrogen-bond acceptors (Lipinski definition) is 2. The summed E-state index contributed by atoms with van der Waals surface area (Å²) in [6.45, 7) is 4.21. The molecule has 0 heterocycles. The maximum Gasteiger partial charge on any atom is 0.309 e. The smallest absolute Gasteiger partial charge is 0.309 e. The molecule has 1 N–H and O–H groups in total. The quantitative estimate of drug-likeness (QED) is 0.879. The van der Waals surface area contributed by atoms with Crippen LogP contribution in [0.4, 0.5) is 0 Å². The molecule has 0 amide bonds. The van der Waals surface area contributed by atoms with Gasteiger partial charge in [0.2, 0.25) is 0 Å². The Hall–Kier alpha value is -1.51. The molecule has 2 aliphatic carbocycles. The molecule has 0 radical (unpaired) electrons. The minimum Gasteiger partial charge on any atom is -0.497 e. The summed E-state index contributed by atoms with van der Waals surface area (Å²) >= 11 is 0. The van der Waals surface area contributed by atoms with Gasteiger partial charge in [-0.2, -0.15) is 0 Å². The molecular weight excluding hydrogens is 276 g/mol. The predicted octanol–water partition coefficient (Wildman–Crippen LogP) is 4.43. The van der Waals surface area contributed by atoms with Gasteiger partial charge in [0.25, 0.3) is 0 Å². The van der Waals surface area contributed by atoms with Crippen LogP contribution < -0.4 is 4.74 Å². The number of carboxylic acid groups (broad SMARTS) is 1. The zero-order valence-electron chi connectivity index (χ0n) is 13.1. The van der Waals surface area contributed by atoms with Crippen molar-refractivity contribution in [2.75, 3.05) is 7.11 Å². The number of hydrogen-bond donors (Lipinski definition) is 1. The summed E-state index contributed by atoms with van der Waals surface area (Å²) in [6.07, 6.45) is 4.79. The highest BCUT2D eigenvalue weighted by atomic mass is 16.5. The fourth-order valence-corrected chi connectivity index (χ4v) is 4.82. The van der Waals surface area contributed by atoms with Gasteiger partial charge in [-0.3, -0.25) is 4.79 Å². The monoisotopic (exact) mass is 304 g/mol. The molecule has 0 aromatic heterocycles. The fraction of sp³-hybridized carbons (Fsp3) is 0.632. The molecule has 0 spiro atoms. The number of benzene rings is 1. The van der Waals surface area contributed by atoms with Crippen molar-refractivity contribution >= 4 is 5.97 Å². The average molecular weight is 304 g/mol. The number of aryl methyl sites for hydroxylation is 1. The lowest BCUT2D eigenvalue weighted by Gasteiger charge is -2.53. The lowest BCUT2D eigenvalue weighted by atomic mass is 9.50. The first-order valence-corrected chi connectivity index (χ1v) is 7.82. The second kappa shape index (κ2) is 5.60. The average Bonchev–Trinajstić information content (AvgIpc) is 2.46. The van der Waals surface area contributed by atoms with Gasteiger partial charge in [-0.15, -0.1) is 0 Å². The van der Waals surface area contributed by atoms with Crippen molar-refractivity contribution in [1.29, 1.82) is 0 Å². The first-order valence-electron chi connectivity index (χ1n) is 7.82. The molecule has 3 rings (SSSR count). The van der Waals surface area contributed by atoms with Gasteiger partial charge in [0, 0.05) is 0 Å². The van der Waals surface area contributed by atoms with Crippen molar-refractivity contribution < 1.29 is 14.6 Å². The molecule has 0 bridgehead atoms. The van der Waals surface area contributed by atoms with E-state index in [9.17, 15) is 9.90 Å². The van der Waals surface area contributed by atoms with Gasteiger partial charge in [-0.1, -0.05) is 26.8 Å². The second-order valence-corrected chi connectivity index (χ2v) is 7.11. The predicted molar refractivity (Wildman–Crippen MR) is 88.5 cm³/mol. The molecule has 1 saturated carbocycles. The molecule has 1 aromatic rings. The largest absolute Gasteiger partial charge is 0.497 e. The van der Waals surface area contributed by atoms with E-state index >= 15 is 0 Å². The van der Waals surface area contributed by atoms with Crippen LogP contribution >= 0.6 is 0 Å². The number of ether oxygens (including phenoxy) is 1. The summed E-state index contributed by atoms with van der Waals surface area (Å²) in [7, 11) is 1.69. The van der Waals surface area contributed by atoms with Crippen LogP contribution in [0, 0.1) is 11.3 Å². The summed E-state index contributed by atoms with van der Waals surface area (Å²) in [4.78, 5) is 11.9. The van der Waals surface area contributed by atoms with Gasteiger partial charge in [-0.05, 0) is 67.2 Å². The fourth-order valence-electron chi connectivity index (χ4n) is 4.82. The van der Waals surface area contributed by atoms with Crippen molar-refractivity contribution in [1.82, 2.24) is 0 Å². The number of carboxylic acids is 1. The Balaban J connectivity index is 0.00000176. The molecular formula is C19H28O3. The number of fused-ring (bicyclic) bond motifs is 3. The Labute approximate surface area is 133 Å². The van der Waals surface area contributed by atoms with E-state index in [1.165, 1.54) is 11.1 Å². The van der Waals surface area contributed by atoms with Crippen molar-refractivity contribution in [2.45, 2.75) is 58.8 Å². The van der Waals surface area contributed by atoms with Crippen LogP contribution in [0.1, 0.15) is 58.1 Å². The third-order valence-electron chi connectivity index (χ3n) is 6.05. The third-order valence-corrected chi connectivity index (χ3v) is 6.05. The molecule has 2 aliphatic rings. The Bertz CT molecular complexity index is 580. The summed E-state index contributed by atoms with van der Waals surface area (Å²) < 4.78 is 5.39. The topological polar surface area (TPSA) is 46.5 Å². The standard InChI is InChI=1S/C18H24O3.CH4/c1-17-9-4-10-18(2,16(19)20)15(17)8-6-12-5-7-13(21-3)11-14(12)17;/h5,7,11,15H,4,6,8-10H2,1-3H3,(H,19,20);1H4/t15-,17-,18+;/m1./s1. The van der Waals surface area contributed by atoms with E-state index in [0.29, 0.717) is 0 Å². The van der Waals surface area contributed by atoms with E-state index < -0.39 is 11.4 Å². The van der Waals surface area contributed by atoms with E-state index in [-0.39, 0.29) is 18.8 Å². The normalized spacial score (nSPS) is 33.1. The van der Waals surface area contributed by atoms with Gasteiger partial charge in [-0.25, -0.2) is 0 Å². The second-order valence-electron chi connectivity index (χ2n) is 7.11. The number of methoxy groups -OCH3 is 1. The maximum atomic E-state index is 11.9. The lowest BCUT2D eigenvalue weighted by molar-refractivity contribution is -0.157. The van der Waals surface area contributed by atoms with Gasteiger partial charge >= 0.3 is 5.97 Å². The minimum atomic E-state index is -0.634. The van der Waals surface area contributed by atoms with Gasteiger partial charge < -0.3 is 9.84 Å². The molecule has 1 fully saturated rings. The molecule has 22 heavy (non-hydrogen) atoms. The van der Waals surface area contributed by atoms with Crippen LogP contribution in [0.2, 0.25) is 0 Å². The summed E-state index contributed by atoms with van der Waals surface area (Å²) in [5, 5.41) is 9.77. The minimum absolute atomic E-state index is 0. The Morgan fingerprint density at radius 2 is 2.05 bits per heavy atom. The highest BCUT2D eigenvalue weighted by Gasteiger charge is 2.55. The van der Waals surface area contributed by atoms with E-state index in [0.717, 1.165) is 37.9 Å². The lowest BCUT2D eigenvalue weighted by Crippen LogP contribution is -2.52. The van der Waals surface area contributed by atoms with Crippen LogP contribution in [0.5, 0.6) is 5.75 Å². The van der Waals surface area contributed by atoms with E-state index in [2.05, 4.69) is 19.1 Å². The maximum absolute atomic E-state index is 11.9. The molecule has 0 aliphatic heterocycles. The first-order chi connectivity index (χ1) is 9.91. The van der Waals surface area contributed by atoms with E-state index in [4.69, 9.17) is 4.74 Å². The van der Waals surface area contributed by atoms with Gasteiger partial charge in [0.05, 0.1) is 12.5 Å². The number of carbonyl (C=O) groups is 1. The Morgan fingerprint density at radius 3 is 2.68 bits per heavy atom. The zero-order valence-corrected chi connectivity index (χ0v) is 13.1. The Morgan fingerprint density at radius 1 is 1.32 bits per heavy atom. The van der Waals surface area contributed by atoms with Crippen molar-refractivity contribution in [3.05, 3.63) is 29.3 Å². The van der Waals surface area contributed by atoms with Gasteiger partial charge in [0.15, 0.2) is 0 Å². The van der Waals surface area contributed by atoms with Crippen LogP contribution in [-0.4, -0.2) is 18.2 Å². The molecule has 1 aromatic carbocycles. The Kier molecular flexibility index (Phi) is 4.29. The van der Waals surface area contributed by atoms with Crippen LogP contribution in [-0.2, 0) is 16.6 Å². The van der Waals surface area contributed by atoms with Crippen LogP contribution in [0.25, 0.3) is 0 Å². The molecule has 3 atom stereocenters. The molecule has 0 saturated heterocycles. The molecule has 3 nitrogen and oxygen atoms in total. The van der Waals surface area contributed by atoms with Crippen molar-refractivity contribution in [2.24, 2.45) is 11.3 Å². The number of rotatable bonds is 2. The zero-order chi connectivity index (χ0) is 15.3. The van der Waals surface area contributed by atoms with Crippen molar-refractivity contribution in [3.8, 4) is 5.75 Å². The molecule has 122 valence electrons. The van der Waals surface area contributed by atoms with Crippen LogP contribution in [0.15, 0.2) is 18.2 Å².